The predicted molar refractivity (Wildman–Crippen MR) is 95.1 cm³/mol. The zero-order chi connectivity index (χ0) is 18.9. The number of carbonyl (C=O) groups excluding carboxylic acids is 2. The summed E-state index contributed by atoms with van der Waals surface area (Å²) < 4.78 is 10.6. The van der Waals surface area contributed by atoms with Gasteiger partial charge >= 0.3 is 0 Å². The Kier molecular flexibility index (Phi) is 7.02. The van der Waals surface area contributed by atoms with Gasteiger partial charge in [-0.3, -0.25) is 4.79 Å². The highest BCUT2D eigenvalue weighted by atomic mass is 16.5. The van der Waals surface area contributed by atoms with Gasteiger partial charge in [-0.25, -0.2) is 0 Å². The Bertz CT molecular complexity index is 725. The molecule has 0 bridgehead atoms. The van der Waals surface area contributed by atoms with Crippen LogP contribution in [0.4, 0.5) is 0 Å². The molecule has 1 amide bonds. The Morgan fingerprint density at radius 1 is 1.04 bits per heavy atom. The van der Waals surface area contributed by atoms with Crippen LogP contribution in [-0.2, 0) is 4.79 Å². The van der Waals surface area contributed by atoms with Gasteiger partial charge in [0.25, 0.3) is 5.91 Å². The molecule has 138 valence electrons. The van der Waals surface area contributed by atoms with Crippen molar-refractivity contribution in [3.8, 4) is 11.5 Å². The van der Waals surface area contributed by atoms with Crippen LogP contribution in [0.5, 0.6) is 11.5 Å². The van der Waals surface area contributed by atoms with E-state index in [2.05, 4.69) is 5.32 Å². The number of benzene rings is 2. The number of carboxylic acid groups (broad SMARTS) is 1. The lowest BCUT2D eigenvalue weighted by Crippen LogP contribution is -2.34. The monoisotopic (exact) mass is 356 g/mol. The molecule has 2 aromatic carbocycles. The maximum absolute atomic E-state index is 12.4. The highest BCUT2D eigenvalue weighted by Gasteiger charge is 2.16. The normalized spacial score (nSPS) is 11.5. The molecule has 0 heterocycles. The fourth-order valence-corrected chi connectivity index (χ4v) is 2.42. The van der Waals surface area contributed by atoms with Crippen molar-refractivity contribution < 1.29 is 24.2 Å². The fourth-order valence-electron chi connectivity index (χ4n) is 2.42. The van der Waals surface area contributed by atoms with Crippen LogP contribution in [0.15, 0.2) is 48.5 Å². The van der Waals surface area contributed by atoms with E-state index in [4.69, 9.17) is 9.47 Å². The van der Waals surface area contributed by atoms with Gasteiger partial charge in [0.1, 0.15) is 11.5 Å². The summed E-state index contributed by atoms with van der Waals surface area (Å²) in [6.07, 6.45) is 0.573. The molecule has 1 atom stereocenters. The SMILES string of the molecule is CCCOc1ccc(C(CC(=O)[O-])NC(=O)c2ccc(OC)cc2)cc1. The molecule has 0 saturated heterocycles. The van der Waals surface area contributed by atoms with Crippen molar-refractivity contribution in [3.63, 3.8) is 0 Å². The molecule has 0 aromatic heterocycles. The summed E-state index contributed by atoms with van der Waals surface area (Å²) in [6.45, 7) is 2.62. The maximum atomic E-state index is 12.4. The third-order valence-corrected chi connectivity index (χ3v) is 3.78. The van der Waals surface area contributed by atoms with Crippen LogP contribution < -0.4 is 19.9 Å². The third kappa shape index (κ3) is 5.51. The molecule has 0 aliphatic heterocycles. The van der Waals surface area contributed by atoms with E-state index in [0.29, 0.717) is 29.2 Å². The maximum Gasteiger partial charge on any atom is 0.251 e. The zero-order valence-corrected chi connectivity index (χ0v) is 14.9. The summed E-state index contributed by atoms with van der Waals surface area (Å²) in [5.41, 5.74) is 1.08. The van der Waals surface area contributed by atoms with E-state index in [9.17, 15) is 14.7 Å². The summed E-state index contributed by atoms with van der Waals surface area (Å²) in [7, 11) is 1.54. The Morgan fingerprint density at radius 2 is 1.65 bits per heavy atom. The first-order valence-corrected chi connectivity index (χ1v) is 8.41. The van der Waals surface area contributed by atoms with Gasteiger partial charge in [-0.2, -0.15) is 0 Å². The number of hydrogen-bond donors (Lipinski definition) is 1. The molecule has 0 aliphatic rings. The molecular weight excluding hydrogens is 334 g/mol. The summed E-state index contributed by atoms with van der Waals surface area (Å²) in [5.74, 6) is -0.277. The smallest absolute Gasteiger partial charge is 0.251 e. The van der Waals surface area contributed by atoms with E-state index in [1.807, 2.05) is 6.92 Å². The molecule has 0 aliphatic carbocycles. The number of carbonyl (C=O) groups is 2. The number of carboxylic acids is 1. The minimum absolute atomic E-state index is 0.322. The number of rotatable bonds is 9. The standard InChI is InChI=1S/C20H23NO5/c1-3-12-26-17-10-4-14(5-11-17)18(13-19(22)23)21-20(24)15-6-8-16(25-2)9-7-15/h4-11,18H,3,12-13H2,1-2H3,(H,21,24)(H,22,23)/p-1. The zero-order valence-electron chi connectivity index (χ0n) is 14.9. The fraction of sp³-hybridized carbons (Fsp3) is 0.300. The number of ether oxygens (including phenoxy) is 2. The molecule has 2 rings (SSSR count). The Labute approximate surface area is 152 Å². The lowest BCUT2D eigenvalue weighted by Gasteiger charge is -2.20. The minimum atomic E-state index is -1.24. The van der Waals surface area contributed by atoms with Gasteiger partial charge in [-0.05, 0) is 48.4 Å². The van der Waals surface area contributed by atoms with E-state index < -0.39 is 12.0 Å². The number of aliphatic carboxylic acids is 1. The van der Waals surface area contributed by atoms with Gasteiger partial charge in [-0.15, -0.1) is 0 Å². The molecule has 1 unspecified atom stereocenters. The van der Waals surface area contributed by atoms with Crippen LogP contribution in [-0.4, -0.2) is 25.6 Å². The average Bonchev–Trinajstić information content (AvgIpc) is 2.66. The van der Waals surface area contributed by atoms with E-state index in [1.165, 1.54) is 0 Å². The predicted octanol–water partition coefficient (Wildman–Crippen LogP) is 2.10. The average molecular weight is 356 g/mol. The van der Waals surface area contributed by atoms with Crippen LogP contribution in [0, 0.1) is 0 Å². The summed E-state index contributed by atoms with van der Waals surface area (Å²) in [6, 6.07) is 12.9. The van der Waals surface area contributed by atoms with Crippen molar-refractivity contribution in [1.29, 1.82) is 0 Å². The first-order valence-electron chi connectivity index (χ1n) is 8.41. The van der Waals surface area contributed by atoms with Crippen LogP contribution in [0.25, 0.3) is 0 Å². The first kappa shape index (κ1) is 19.3. The van der Waals surface area contributed by atoms with E-state index in [1.54, 1.807) is 55.6 Å². The van der Waals surface area contributed by atoms with E-state index in [-0.39, 0.29) is 12.3 Å². The molecule has 6 heteroatoms. The quantitative estimate of drug-likeness (QED) is 0.743. The second-order valence-corrected chi connectivity index (χ2v) is 5.75. The number of nitrogens with one attached hydrogen (secondary N) is 1. The lowest BCUT2D eigenvalue weighted by atomic mass is 10.0. The van der Waals surface area contributed by atoms with Gasteiger partial charge in [0.05, 0.1) is 19.8 Å². The highest BCUT2D eigenvalue weighted by molar-refractivity contribution is 5.94. The van der Waals surface area contributed by atoms with Crippen molar-refractivity contribution in [2.75, 3.05) is 13.7 Å². The van der Waals surface area contributed by atoms with Crippen molar-refractivity contribution in [3.05, 3.63) is 59.7 Å². The van der Waals surface area contributed by atoms with Crippen molar-refractivity contribution in [2.45, 2.75) is 25.8 Å². The van der Waals surface area contributed by atoms with Crippen LogP contribution in [0.3, 0.4) is 0 Å². The Balaban J connectivity index is 2.12. The molecule has 0 saturated carbocycles. The van der Waals surface area contributed by atoms with Gasteiger partial charge in [0.15, 0.2) is 0 Å². The first-order chi connectivity index (χ1) is 12.5. The summed E-state index contributed by atoms with van der Waals surface area (Å²) in [5, 5.41) is 13.8. The molecule has 2 aromatic rings. The molecule has 0 radical (unpaired) electrons. The van der Waals surface area contributed by atoms with Crippen molar-refractivity contribution >= 4 is 11.9 Å². The molecule has 26 heavy (non-hydrogen) atoms. The number of methoxy groups -OCH3 is 1. The van der Waals surface area contributed by atoms with Crippen molar-refractivity contribution in [2.24, 2.45) is 0 Å². The Morgan fingerprint density at radius 3 is 2.19 bits per heavy atom. The number of hydrogen-bond acceptors (Lipinski definition) is 5. The topological polar surface area (TPSA) is 87.7 Å². The van der Waals surface area contributed by atoms with Gasteiger partial charge < -0.3 is 24.7 Å². The lowest BCUT2D eigenvalue weighted by molar-refractivity contribution is -0.306. The van der Waals surface area contributed by atoms with Crippen molar-refractivity contribution in [1.82, 2.24) is 5.32 Å². The minimum Gasteiger partial charge on any atom is -0.550 e. The molecule has 0 fully saturated rings. The van der Waals surface area contributed by atoms with E-state index >= 15 is 0 Å². The van der Waals surface area contributed by atoms with Gasteiger partial charge in [0, 0.05) is 18.0 Å². The third-order valence-electron chi connectivity index (χ3n) is 3.78. The van der Waals surface area contributed by atoms with Crippen LogP contribution in [0.1, 0.15) is 41.7 Å². The second-order valence-electron chi connectivity index (χ2n) is 5.75. The van der Waals surface area contributed by atoms with Crippen LogP contribution >= 0.6 is 0 Å². The van der Waals surface area contributed by atoms with E-state index in [0.717, 1.165) is 6.42 Å². The van der Waals surface area contributed by atoms with Crippen LogP contribution in [0.2, 0.25) is 0 Å². The highest BCUT2D eigenvalue weighted by Crippen LogP contribution is 2.21. The summed E-state index contributed by atoms with van der Waals surface area (Å²) >= 11 is 0. The van der Waals surface area contributed by atoms with Gasteiger partial charge in [-0.1, -0.05) is 19.1 Å². The second kappa shape index (κ2) is 9.46. The molecule has 6 nitrogen and oxygen atoms in total. The molecule has 0 spiro atoms. The summed E-state index contributed by atoms with van der Waals surface area (Å²) in [4.78, 5) is 23.5. The largest absolute Gasteiger partial charge is 0.550 e. The molecule has 1 N–H and O–H groups in total. The Hall–Kier alpha value is -3.02. The van der Waals surface area contributed by atoms with Gasteiger partial charge in [0.2, 0.25) is 0 Å². The number of amides is 1. The molecular formula is C20H22NO5-.